The van der Waals surface area contributed by atoms with E-state index in [9.17, 15) is 0 Å². The molecule has 0 N–H and O–H groups in total. The second kappa shape index (κ2) is 3.12. The summed E-state index contributed by atoms with van der Waals surface area (Å²) in [6.45, 7) is 6.20. The SMILES string of the molecule is CC1N=Cc2ccccc2OC1(C)C. The molecule has 14 heavy (non-hydrogen) atoms. The number of fused-ring (bicyclic) bond motifs is 1. The van der Waals surface area contributed by atoms with Gasteiger partial charge in [0.25, 0.3) is 0 Å². The van der Waals surface area contributed by atoms with E-state index in [0.717, 1.165) is 11.3 Å². The second-order valence-electron chi connectivity index (χ2n) is 4.20. The molecule has 0 saturated heterocycles. The normalized spacial score (nSPS) is 23.5. The number of ether oxygens (including phenoxy) is 1. The minimum Gasteiger partial charge on any atom is -0.485 e. The van der Waals surface area contributed by atoms with Crippen molar-refractivity contribution >= 4 is 6.21 Å². The summed E-state index contributed by atoms with van der Waals surface area (Å²) in [5, 5.41) is 0. The fourth-order valence-corrected chi connectivity index (χ4v) is 1.42. The Morgan fingerprint density at radius 2 is 2.00 bits per heavy atom. The van der Waals surface area contributed by atoms with Crippen molar-refractivity contribution < 1.29 is 4.74 Å². The highest BCUT2D eigenvalue weighted by Gasteiger charge is 2.29. The monoisotopic (exact) mass is 189 g/mol. The molecule has 2 nitrogen and oxygen atoms in total. The molecule has 2 heteroatoms. The van der Waals surface area contributed by atoms with E-state index in [0.29, 0.717) is 0 Å². The van der Waals surface area contributed by atoms with Gasteiger partial charge >= 0.3 is 0 Å². The molecular formula is C12H15NO. The fourth-order valence-electron chi connectivity index (χ4n) is 1.42. The summed E-state index contributed by atoms with van der Waals surface area (Å²) in [7, 11) is 0. The van der Waals surface area contributed by atoms with Gasteiger partial charge in [-0.05, 0) is 32.9 Å². The molecule has 74 valence electrons. The first-order valence-electron chi connectivity index (χ1n) is 4.91. The third-order valence-electron chi connectivity index (χ3n) is 2.74. The number of rotatable bonds is 0. The number of aliphatic imine (C=N–C) groups is 1. The van der Waals surface area contributed by atoms with Gasteiger partial charge in [-0.15, -0.1) is 0 Å². The predicted octanol–water partition coefficient (Wildman–Crippen LogP) is 2.67. The molecule has 1 atom stereocenters. The Kier molecular flexibility index (Phi) is 2.06. The van der Waals surface area contributed by atoms with Gasteiger partial charge in [0, 0.05) is 11.8 Å². The van der Waals surface area contributed by atoms with Gasteiger partial charge in [0.15, 0.2) is 0 Å². The molecule has 0 spiro atoms. The van der Waals surface area contributed by atoms with Crippen LogP contribution in [0.1, 0.15) is 26.3 Å². The first kappa shape index (κ1) is 9.25. The van der Waals surface area contributed by atoms with Crippen molar-refractivity contribution in [1.29, 1.82) is 0 Å². The highest BCUT2D eigenvalue weighted by molar-refractivity contribution is 5.84. The van der Waals surface area contributed by atoms with Gasteiger partial charge in [-0.25, -0.2) is 0 Å². The van der Waals surface area contributed by atoms with Crippen LogP contribution >= 0.6 is 0 Å². The first-order chi connectivity index (χ1) is 6.59. The number of para-hydroxylation sites is 1. The molecule has 1 heterocycles. The lowest BCUT2D eigenvalue weighted by Gasteiger charge is -2.28. The van der Waals surface area contributed by atoms with E-state index in [1.54, 1.807) is 0 Å². The Labute approximate surface area is 84.6 Å². The molecule has 0 amide bonds. The summed E-state index contributed by atoms with van der Waals surface area (Å²) < 4.78 is 5.93. The highest BCUT2D eigenvalue weighted by Crippen LogP contribution is 2.28. The van der Waals surface area contributed by atoms with E-state index in [1.807, 2.05) is 30.5 Å². The maximum absolute atomic E-state index is 5.93. The van der Waals surface area contributed by atoms with Gasteiger partial charge in [-0.3, -0.25) is 4.99 Å². The third-order valence-corrected chi connectivity index (χ3v) is 2.74. The zero-order valence-corrected chi connectivity index (χ0v) is 8.82. The summed E-state index contributed by atoms with van der Waals surface area (Å²) >= 11 is 0. The molecule has 1 unspecified atom stereocenters. The molecule has 0 aliphatic carbocycles. The van der Waals surface area contributed by atoms with Crippen LogP contribution in [-0.4, -0.2) is 17.9 Å². The summed E-state index contributed by atoms with van der Waals surface area (Å²) in [4.78, 5) is 4.47. The minimum absolute atomic E-state index is 0.176. The van der Waals surface area contributed by atoms with Gasteiger partial charge in [-0.2, -0.15) is 0 Å². The molecule has 0 saturated carbocycles. The van der Waals surface area contributed by atoms with E-state index in [1.165, 1.54) is 0 Å². The molecule has 0 bridgehead atoms. The zero-order chi connectivity index (χ0) is 10.2. The predicted molar refractivity (Wildman–Crippen MR) is 58.2 cm³/mol. The number of benzene rings is 1. The molecule has 0 aromatic heterocycles. The van der Waals surface area contributed by atoms with Crippen molar-refractivity contribution in [2.24, 2.45) is 4.99 Å². The highest BCUT2D eigenvalue weighted by atomic mass is 16.5. The van der Waals surface area contributed by atoms with E-state index < -0.39 is 0 Å². The average Bonchev–Trinajstić information content (AvgIpc) is 2.25. The Balaban J connectivity index is 2.46. The van der Waals surface area contributed by atoms with E-state index in [2.05, 4.69) is 25.8 Å². The standard InChI is InChI=1S/C12H15NO/c1-9-12(2,3)14-11-7-5-4-6-10(11)8-13-9/h4-9H,1-3H3. The molecule has 1 aliphatic rings. The van der Waals surface area contributed by atoms with Gasteiger partial charge in [0.1, 0.15) is 11.4 Å². The molecule has 2 rings (SSSR count). The number of hydrogen-bond acceptors (Lipinski definition) is 2. The van der Waals surface area contributed by atoms with Crippen molar-refractivity contribution in [3.8, 4) is 5.75 Å². The Bertz CT molecular complexity index is 368. The van der Waals surface area contributed by atoms with Gasteiger partial charge in [-0.1, -0.05) is 12.1 Å². The van der Waals surface area contributed by atoms with E-state index in [4.69, 9.17) is 4.74 Å². The first-order valence-corrected chi connectivity index (χ1v) is 4.91. The van der Waals surface area contributed by atoms with Crippen LogP contribution in [0.25, 0.3) is 0 Å². The summed E-state index contributed by atoms with van der Waals surface area (Å²) in [5.41, 5.74) is 0.827. The Morgan fingerprint density at radius 3 is 2.79 bits per heavy atom. The largest absolute Gasteiger partial charge is 0.485 e. The van der Waals surface area contributed by atoms with Crippen molar-refractivity contribution in [1.82, 2.24) is 0 Å². The van der Waals surface area contributed by atoms with Crippen LogP contribution in [0.2, 0.25) is 0 Å². The summed E-state index contributed by atoms with van der Waals surface area (Å²) in [6.07, 6.45) is 1.90. The van der Waals surface area contributed by atoms with Crippen molar-refractivity contribution in [3.05, 3.63) is 29.8 Å². The average molecular weight is 189 g/mol. The van der Waals surface area contributed by atoms with Crippen LogP contribution in [0, 0.1) is 0 Å². The van der Waals surface area contributed by atoms with Gasteiger partial charge < -0.3 is 4.74 Å². The smallest absolute Gasteiger partial charge is 0.128 e. The maximum atomic E-state index is 5.93. The lowest BCUT2D eigenvalue weighted by molar-refractivity contribution is 0.0891. The van der Waals surface area contributed by atoms with Crippen LogP contribution in [0.3, 0.4) is 0 Å². The van der Waals surface area contributed by atoms with Gasteiger partial charge in [0.2, 0.25) is 0 Å². The van der Waals surface area contributed by atoms with Crippen LogP contribution < -0.4 is 4.74 Å². The molecule has 1 aromatic carbocycles. The molecule has 1 aliphatic heterocycles. The lowest BCUT2D eigenvalue weighted by atomic mass is 10.0. The maximum Gasteiger partial charge on any atom is 0.128 e. The van der Waals surface area contributed by atoms with Crippen LogP contribution in [0.15, 0.2) is 29.3 Å². The number of nitrogens with zero attached hydrogens (tertiary/aromatic N) is 1. The fraction of sp³-hybridized carbons (Fsp3) is 0.417. The Morgan fingerprint density at radius 1 is 1.29 bits per heavy atom. The topological polar surface area (TPSA) is 21.6 Å². The van der Waals surface area contributed by atoms with Crippen molar-refractivity contribution in [3.63, 3.8) is 0 Å². The van der Waals surface area contributed by atoms with Crippen LogP contribution in [0.4, 0.5) is 0 Å². The Hall–Kier alpha value is -1.31. The van der Waals surface area contributed by atoms with Crippen molar-refractivity contribution in [2.45, 2.75) is 32.4 Å². The summed E-state index contributed by atoms with van der Waals surface area (Å²) in [5.74, 6) is 0.922. The minimum atomic E-state index is -0.233. The molecular weight excluding hydrogens is 174 g/mol. The van der Waals surface area contributed by atoms with E-state index >= 15 is 0 Å². The van der Waals surface area contributed by atoms with E-state index in [-0.39, 0.29) is 11.6 Å². The third kappa shape index (κ3) is 1.52. The molecule has 1 aromatic rings. The van der Waals surface area contributed by atoms with Crippen LogP contribution in [-0.2, 0) is 0 Å². The lowest BCUT2D eigenvalue weighted by Crippen LogP contribution is -2.38. The van der Waals surface area contributed by atoms with Crippen LogP contribution in [0.5, 0.6) is 5.75 Å². The zero-order valence-electron chi connectivity index (χ0n) is 8.82. The van der Waals surface area contributed by atoms with Crippen molar-refractivity contribution in [2.75, 3.05) is 0 Å². The summed E-state index contributed by atoms with van der Waals surface area (Å²) in [6, 6.07) is 8.17. The molecule has 0 radical (unpaired) electrons. The number of hydrogen-bond donors (Lipinski definition) is 0. The van der Waals surface area contributed by atoms with Gasteiger partial charge in [0.05, 0.1) is 6.04 Å². The second-order valence-corrected chi connectivity index (χ2v) is 4.20. The molecule has 0 fully saturated rings. The quantitative estimate of drug-likeness (QED) is 0.615.